The summed E-state index contributed by atoms with van der Waals surface area (Å²) in [4.78, 5) is 26.0. The van der Waals surface area contributed by atoms with Crippen LogP contribution in [-0.4, -0.2) is 30.3 Å². The largest absolute Gasteiger partial charge is 0.453 e. The molecule has 21 heavy (non-hydrogen) atoms. The van der Waals surface area contributed by atoms with E-state index >= 15 is 0 Å². The van der Waals surface area contributed by atoms with Crippen molar-refractivity contribution in [3.05, 3.63) is 35.4 Å². The molecule has 1 aromatic carbocycles. The molecule has 1 amide bonds. The number of alkyl halides is 1. The third-order valence-corrected chi connectivity index (χ3v) is 5.47. The Bertz CT molecular complexity index is 591. The SMILES string of the molecule is CC[C@@H]1C(=O)O[C@H]2[C@@H](I)c3ccccc3[C@@H]1N2C(=O)OC. The summed E-state index contributed by atoms with van der Waals surface area (Å²) < 4.78 is 10.4. The van der Waals surface area contributed by atoms with Gasteiger partial charge in [-0.1, -0.05) is 53.8 Å². The van der Waals surface area contributed by atoms with Gasteiger partial charge in [0.15, 0.2) is 6.23 Å². The van der Waals surface area contributed by atoms with Crippen LogP contribution in [-0.2, 0) is 14.3 Å². The molecule has 2 bridgehead atoms. The van der Waals surface area contributed by atoms with Gasteiger partial charge in [-0.05, 0) is 17.5 Å². The molecule has 0 saturated carbocycles. The molecule has 0 N–H and O–H groups in total. The van der Waals surface area contributed by atoms with Crippen molar-refractivity contribution >= 4 is 34.7 Å². The van der Waals surface area contributed by atoms with Crippen molar-refractivity contribution in [2.75, 3.05) is 7.11 Å². The van der Waals surface area contributed by atoms with E-state index in [9.17, 15) is 9.59 Å². The van der Waals surface area contributed by atoms with Crippen molar-refractivity contribution in [2.45, 2.75) is 29.5 Å². The summed E-state index contributed by atoms with van der Waals surface area (Å²) in [7, 11) is 1.35. The van der Waals surface area contributed by atoms with Crippen LogP contribution < -0.4 is 0 Å². The Labute approximate surface area is 136 Å². The van der Waals surface area contributed by atoms with E-state index in [1.807, 2.05) is 31.2 Å². The first kappa shape index (κ1) is 14.6. The van der Waals surface area contributed by atoms with E-state index in [4.69, 9.17) is 9.47 Å². The van der Waals surface area contributed by atoms with Crippen molar-refractivity contribution in [3.63, 3.8) is 0 Å². The molecule has 1 aromatic rings. The lowest BCUT2D eigenvalue weighted by molar-refractivity contribution is -0.185. The number of esters is 1. The van der Waals surface area contributed by atoms with Gasteiger partial charge in [-0.15, -0.1) is 0 Å². The predicted molar refractivity (Wildman–Crippen MR) is 83.8 cm³/mol. The summed E-state index contributed by atoms with van der Waals surface area (Å²) in [6.07, 6.45) is -0.440. The number of benzene rings is 1. The smallest absolute Gasteiger partial charge is 0.412 e. The van der Waals surface area contributed by atoms with Crippen LogP contribution >= 0.6 is 22.6 Å². The van der Waals surface area contributed by atoms with Gasteiger partial charge >= 0.3 is 12.1 Å². The fraction of sp³-hybridized carbons (Fsp3) is 0.467. The molecule has 0 radical (unpaired) electrons. The lowest BCUT2D eigenvalue weighted by atomic mass is 9.81. The van der Waals surface area contributed by atoms with E-state index in [0.717, 1.165) is 11.1 Å². The quantitative estimate of drug-likeness (QED) is 0.412. The maximum Gasteiger partial charge on any atom is 0.412 e. The average Bonchev–Trinajstić information content (AvgIpc) is 2.51. The lowest BCUT2D eigenvalue weighted by Crippen LogP contribution is -2.57. The van der Waals surface area contributed by atoms with Gasteiger partial charge < -0.3 is 9.47 Å². The Kier molecular flexibility index (Phi) is 3.81. The summed E-state index contributed by atoms with van der Waals surface area (Å²) in [5, 5.41) is 0. The highest BCUT2D eigenvalue weighted by Crippen LogP contribution is 2.50. The molecule has 2 heterocycles. The topological polar surface area (TPSA) is 55.8 Å². The van der Waals surface area contributed by atoms with Crippen molar-refractivity contribution in [1.82, 2.24) is 4.90 Å². The molecule has 0 spiro atoms. The number of ether oxygens (including phenoxy) is 2. The molecule has 0 unspecified atom stereocenters. The fourth-order valence-electron chi connectivity index (χ4n) is 3.21. The van der Waals surface area contributed by atoms with Crippen LogP contribution in [0.1, 0.15) is 34.4 Å². The molecule has 2 aliphatic rings. The third-order valence-electron chi connectivity index (χ3n) is 4.18. The van der Waals surface area contributed by atoms with Crippen LogP contribution in [0.15, 0.2) is 24.3 Å². The maximum absolute atomic E-state index is 12.2. The van der Waals surface area contributed by atoms with E-state index in [1.165, 1.54) is 7.11 Å². The highest BCUT2D eigenvalue weighted by molar-refractivity contribution is 14.1. The molecule has 1 saturated heterocycles. The summed E-state index contributed by atoms with van der Waals surface area (Å²) in [5.41, 5.74) is 2.14. The molecule has 0 aromatic heterocycles. The van der Waals surface area contributed by atoms with Crippen molar-refractivity contribution in [3.8, 4) is 0 Å². The first-order valence-electron chi connectivity index (χ1n) is 6.89. The number of hydrogen-bond acceptors (Lipinski definition) is 4. The Morgan fingerprint density at radius 2 is 2.05 bits per heavy atom. The molecule has 5 nitrogen and oxygen atoms in total. The fourth-order valence-corrected chi connectivity index (χ4v) is 4.27. The number of methoxy groups -OCH3 is 1. The van der Waals surface area contributed by atoms with Gasteiger partial charge in [-0.2, -0.15) is 0 Å². The molecule has 0 aliphatic carbocycles. The summed E-state index contributed by atoms with van der Waals surface area (Å²) in [5.74, 6) is -0.589. The van der Waals surface area contributed by atoms with Crippen LogP contribution in [0.5, 0.6) is 0 Å². The molecule has 2 aliphatic heterocycles. The zero-order valence-electron chi connectivity index (χ0n) is 11.8. The summed E-state index contributed by atoms with van der Waals surface area (Å²) in [6, 6.07) is 7.61. The maximum atomic E-state index is 12.2. The third kappa shape index (κ3) is 2.11. The number of fused-ring (bicyclic) bond motifs is 4. The second-order valence-electron chi connectivity index (χ2n) is 5.20. The van der Waals surface area contributed by atoms with Gasteiger partial charge in [0.05, 0.1) is 23.0 Å². The first-order valence-corrected chi connectivity index (χ1v) is 8.14. The predicted octanol–water partition coefficient (Wildman–Crippen LogP) is 3.19. The normalized spacial score (nSPS) is 30.4. The van der Waals surface area contributed by atoms with Crippen LogP contribution in [0.4, 0.5) is 4.79 Å². The summed E-state index contributed by atoms with van der Waals surface area (Å²) >= 11 is 2.22. The first-order chi connectivity index (χ1) is 10.1. The van der Waals surface area contributed by atoms with E-state index in [0.29, 0.717) is 6.42 Å². The van der Waals surface area contributed by atoms with Gasteiger partial charge in [0.25, 0.3) is 0 Å². The zero-order valence-corrected chi connectivity index (χ0v) is 13.9. The molecule has 112 valence electrons. The van der Waals surface area contributed by atoms with Crippen LogP contribution in [0.2, 0.25) is 0 Å². The Hall–Kier alpha value is -1.31. The molecule has 1 fully saturated rings. The van der Waals surface area contributed by atoms with Gasteiger partial charge in [0, 0.05) is 0 Å². The molecular formula is C15H16INO4. The highest BCUT2D eigenvalue weighted by Gasteiger charge is 2.53. The average molecular weight is 401 g/mol. The van der Waals surface area contributed by atoms with Crippen LogP contribution in [0.3, 0.4) is 0 Å². The Morgan fingerprint density at radius 1 is 1.38 bits per heavy atom. The number of hydrogen-bond donors (Lipinski definition) is 0. The molecular weight excluding hydrogens is 385 g/mol. The monoisotopic (exact) mass is 401 g/mol. The van der Waals surface area contributed by atoms with Crippen molar-refractivity contribution < 1.29 is 19.1 Å². The van der Waals surface area contributed by atoms with Gasteiger partial charge in [0.2, 0.25) is 0 Å². The lowest BCUT2D eigenvalue weighted by Gasteiger charge is -2.49. The van der Waals surface area contributed by atoms with Crippen LogP contribution in [0, 0.1) is 5.92 Å². The molecule has 4 atom stereocenters. The minimum absolute atomic E-state index is 0.101. The van der Waals surface area contributed by atoms with Crippen LogP contribution in [0.25, 0.3) is 0 Å². The Morgan fingerprint density at radius 3 is 2.67 bits per heavy atom. The Balaban J connectivity index is 2.18. The number of nitrogens with zero attached hydrogens (tertiary/aromatic N) is 1. The number of carbonyl (C=O) groups is 2. The minimum atomic E-state index is -0.603. The number of carbonyl (C=O) groups excluding carboxylic acids is 2. The summed E-state index contributed by atoms with van der Waals surface area (Å²) in [6.45, 7) is 1.93. The van der Waals surface area contributed by atoms with Gasteiger partial charge in [-0.25, -0.2) is 4.79 Å². The zero-order chi connectivity index (χ0) is 15.1. The van der Waals surface area contributed by atoms with E-state index < -0.39 is 12.3 Å². The number of halogens is 1. The van der Waals surface area contributed by atoms with E-state index in [1.54, 1.807) is 4.90 Å². The van der Waals surface area contributed by atoms with Crippen molar-refractivity contribution in [1.29, 1.82) is 0 Å². The van der Waals surface area contributed by atoms with Crippen molar-refractivity contribution in [2.24, 2.45) is 5.92 Å². The molecule has 6 heteroatoms. The number of rotatable bonds is 1. The standard InChI is InChI=1S/C15H16INO4/c1-3-8-12-10-7-5-4-6-9(10)11(16)13(21-14(8)18)17(12)15(19)20-2/h4-8,11-13H,3H2,1-2H3/t8-,11-,12+,13-/m0/s1. The van der Waals surface area contributed by atoms with Gasteiger partial charge in [-0.3, -0.25) is 9.69 Å². The number of amides is 1. The second-order valence-corrected chi connectivity index (χ2v) is 6.54. The second kappa shape index (κ2) is 5.47. The van der Waals surface area contributed by atoms with E-state index in [2.05, 4.69) is 22.6 Å². The highest BCUT2D eigenvalue weighted by atomic mass is 127. The molecule has 3 rings (SSSR count). The minimum Gasteiger partial charge on any atom is -0.453 e. The van der Waals surface area contributed by atoms with E-state index in [-0.39, 0.29) is 21.9 Å². The van der Waals surface area contributed by atoms with Gasteiger partial charge in [0.1, 0.15) is 0 Å².